The molecule has 0 N–H and O–H groups in total. The molecule has 0 bridgehead atoms. The van der Waals surface area contributed by atoms with Gasteiger partial charge in [-0.2, -0.15) is 0 Å². The van der Waals surface area contributed by atoms with Crippen LogP contribution in [0.5, 0.6) is 0 Å². The first-order chi connectivity index (χ1) is 11.2. The van der Waals surface area contributed by atoms with E-state index in [1.165, 1.54) is 0 Å². The monoisotopic (exact) mass is 308 g/mol. The average molecular weight is 308 g/mol. The van der Waals surface area contributed by atoms with Crippen molar-refractivity contribution in [2.45, 2.75) is 13.8 Å². The summed E-state index contributed by atoms with van der Waals surface area (Å²) in [6.07, 6.45) is 1.79. The minimum Gasteiger partial charge on any atom is -0.461 e. The van der Waals surface area contributed by atoms with E-state index >= 15 is 0 Å². The molecular formula is C17H16N4O2. The second-order valence-electron chi connectivity index (χ2n) is 4.92. The largest absolute Gasteiger partial charge is 0.461 e. The minimum absolute atomic E-state index is 0.162. The molecule has 0 aliphatic carbocycles. The van der Waals surface area contributed by atoms with E-state index in [0.717, 1.165) is 11.3 Å². The molecule has 0 amide bonds. The minimum atomic E-state index is -0.505. The Labute approximate surface area is 133 Å². The van der Waals surface area contributed by atoms with E-state index in [1.807, 2.05) is 43.3 Å². The van der Waals surface area contributed by atoms with Gasteiger partial charge in [0.15, 0.2) is 11.5 Å². The molecule has 0 fully saturated rings. The lowest BCUT2D eigenvalue weighted by molar-refractivity contribution is 0.0521. The van der Waals surface area contributed by atoms with Gasteiger partial charge in [-0.15, -0.1) is 10.2 Å². The Morgan fingerprint density at radius 1 is 1.17 bits per heavy atom. The van der Waals surface area contributed by atoms with Crippen LogP contribution < -0.4 is 0 Å². The molecule has 0 aliphatic rings. The number of aromatic nitrogens is 2. The number of carbonyl (C=O) groups excluding carboxylic acids is 1. The smallest absolute Gasteiger partial charge is 0.360 e. The van der Waals surface area contributed by atoms with E-state index < -0.39 is 5.97 Å². The van der Waals surface area contributed by atoms with Gasteiger partial charge in [0.25, 0.3) is 0 Å². The summed E-state index contributed by atoms with van der Waals surface area (Å²) < 4.78 is 6.77. The van der Waals surface area contributed by atoms with E-state index in [2.05, 4.69) is 15.2 Å². The number of azo groups is 1. The Morgan fingerprint density at radius 3 is 2.74 bits per heavy atom. The van der Waals surface area contributed by atoms with Gasteiger partial charge in [0.1, 0.15) is 5.65 Å². The molecule has 0 saturated carbocycles. The number of imidazole rings is 1. The maximum absolute atomic E-state index is 12.1. The van der Waals surface area contributed by atoms with Gasteiger partial charge in [-0.3, -0.25) is 4.40 Å². The first kappa shape index (κ1) is 14.9. The van der Waals surface area contributed by atoms with Crippen LogP contribution in [0, 0.1) is 6.92 Å². The summed E-state index contributed by atoms with van der Waals surface area (Å²) in [4.78, 5) is 16.4. The lowest BCUT2D eigenvalue weighted by Gasteiger charge is -2.00. The lowest BCUT2D eigenvalue weighted by atomic mass is 10.2. The molecule has 1 aromatic carbocycles. The quantitative estimate of drug-likeness (QED) is 0.535. The van der Waals surface area contributed by atoms with E-state index in [0.29, 0.717) is 11.5 Å². The summed E-state index contributed by atoms with van der Waals surface area (Å²) in [5, 5.41) is 8.51. The Kier molecular flexibility index (Phi) is 4.14. The molecule has 2 aromatic heterocycles. The van der Waals surface area contributed by atoms with Crippen molar-refractivity contribution in [1.82, 2.24) is 9.38 Å². The number of rotatable bonds is 4. The number of nitrogens with zero attached hydrogens (tertiary/aromatic N) is 4. The Hall–Kier alpha value is -3.02. The molecule has 0 atom stereocenters. The van der Waals surface area contributed by atoms with Crippen LogP contribution in [-0.4, -0.2) is 22.0 Å². The molecule has 6 nitrogen and oxygen atoms in total. The molecule has 23 heavy (non-hydrogen) atoms. The van der Waals surface area contributed by atoms with Gasteiger partial charge in [-0.1, -0.05) is 24.3 Å². The summed E-state index contributed by atoms with van der Waals surface area (Å²) >= 11 is 0. The van der Waals surface area contributed by atoms with Crippen molar-refractivity contribution < 1.29 is 9.53 Å². The molecule has 0 aliphatic heterocycles. The fourth-order valence-corrected chi connectivity index (χ4v) is 2.19. The van der Waals surface area contributed by atoms with Crippen molar-refractivity contribution in [3.8, 4) is 0 Å². The van der Waals surface area contributed by atoms with E-state index in [9.17, 15) is 4.79 Å². The van der Waals surface area contributed by atoms with Crippen molar-refractivity contribution in [2.75, 3.05) is 6.61 Å². The zero-order chi connectivity index (χ0) is 16.2. The van der Waals surface area contributed by atoms with Crippen LogP contribution in [0.4, 0.5) is 11.5 Å². The molecule has 0 unspecified atom stereocenters. The summed E-state index contributed by atoms with van der Waals surface area (Å²) in [5.41, 5.74) is 2.53. The lowest BCUT2D eigenvalue weighted by Crippen LogP contribution is -2.05. The normalized spacial score (nSPS) is 11.2. The molecule has 0 radical (unpaired) electrons. The first-order valence-electron chi connectivity index (χ1n) is 7.32. The predicted molar refractivity (Wildman–Crippen MR) is 86.5 cm³/mol. The third-order valence-corrected chi connectivity index (χ3v) is 3.34. The number of hydrogen-bond donors (Lipinski definition) is 0. The predicted octanol–water partition coefficient (Wildman–Crippen LogP) is 4.23. The Balaban J connectivity index is 2.09. The fourth-order valence-electron chi connectivity index (χ4n) is 2.19. The SMILES string of the molecule is CCOC(=O)c1nc2ccccn2c1N=Nc1ccccc1C. The van der Waals surface area contributed by atoms with Crippen LogP contribution >= 0.6 is 0 Å². The maximum Gasteiger partial charge on any atom is 0.360 e. The van der Waals surface area contributed by atoms with Gasteiger partial charge in [0.2, 0.25) is 0 Å². The summed E-state index contributed by atoms with van der Waals surface area (Å²) in [7, 11) is 0. The first-order valence-corrected chi connectivity index (χ1v) is 7.32. The molecule has 0 spiro atoms. The van der Waals surface area contributed by atoms with Crippen molar-refractivity contribution >= 4 is 23.1 Å². The number of aryl methyl sites for hydroxylation is 1. The van der Waals surface area contributed by atoms with Gasteiger partial charge < -0.3 is 4.74 Å². The highest BCUT2D eigenvalue weighted by atomic mass is 16.5. The number of fused-ring (bicyclic) bond motifs is 1. The highest BCUT2D eigenvalue weighted by molar-refractivity contribution is 5.93. The molecule has 3 rings (SSSR count). The molecule has 2 heterocycles. The standard InChI is InChI=1S/C17H16N4O2/c1-3-23-17(22)15-16(21-11-7-6-10-14(21)18-15)20-19-13-9-5-4-8-12(13)2/h4-11H,3H2,1-2H3. The molecular weight excluding hydrogens is 292 g/mol. The van der Waals surface area contributed by atoms with Crippen LogP contribution in [0.3, 0.4) is 0 Å². The maximum atomic E-state index is 12.1. The van der Waals surface area contributed by atoms with Crippen molar-refractivity contribution in [3.63, 3.8) is 0 Å². The Morgan fingerprint density at radius 2 is 1.96 bits per heavy atom. The molecule has 6 heteroatoms. The van der Waals surface area contributed by atoms with Crippen molar-refractivity contribution in [3.05, 3.63) is 59.9 Å². The third-order valence-electron chi connectivity index (χ3n) is 3.34. The number of hydrogen-bond acceptors (Lipinski definition) is 5. The van der Waals surface area contributed by atoms with E-state index in [4.69, 9.17) is 4.74 Å². The zero-order valence-electron chi connectivity index (χ0n) is 12.9. The number of ether oxygens (including phenoxy) is 1. The number of pyridine rings is 1. The van der Waals surface area contributed by atoms with Crippen LogP contribution in [0.2, 0.25) is 0 Å². The summed E-state index contributed by atoms with van der Waals surface area (Å²) in [5.74, 6) is -0.141. The van der Waals surface area contributed by atoms with Gasteiger partial charge in [-0.25, -0.2) is 9.78 Å². The molecule has 116 valence electrons. The van der Waals surface area contributed by atoms with E-state index in [-0.39, 0.29) is 12.3 Å². The molecule has 3 aromatic rings. The van der Waals surface area contributed by atoms with Crippen LogP contribution in [0.15, 0.2) is 58.9 Å². The van der Waals surface area contributed by atoms with Crippen LogP contribution in [0.25, 0.3) is 5.65 Å². The van der Waals surface area contributed by atoms with Gasteiger partial charge in [0, 0.05) is 6.20 Å². The van der Waals surface area contributed by atoms with Gasteiger partial charge >= 0.3 is 5.97 Å². The number of carbonyl (C=O) groups is 1. The van der Waals surface area contributed by atoms with Crippen LogP contribution in [0.1, 0.15) is 23.0 Å². The van der Waals surface area contributed by atoms with Crippen LogP contribution in [-0.2, 0) is 4.74 Å². The highest BCUT2D eigenvalue weighted by Gasteiger charge is 2.20. The molecule has 0 saturated heterocycles. The van der Waals surface area contributed by atoms with Gasteiger partial charge in [-0.05, 0) is 37.6 Å². The zero-order valence-corrected chi connectivity index (χ0v) is 12.9. The third kappa shape index (κ3) is 2.96. The van der Waals surface area contributed by atoms with Crippen molar-refractivity contribution in [2.24, 2.45) is 10.2 Å². The van der Waals surface area contributed by atoms with E-state index in [1.54, 1.807) is 23.6 Å². The summed E-state index contributed by atoms with van der Waals surface area (Å²) in [6, 6.07) is 13.1. The highest BCUT2D eigenvalue weighted by Crippen LogP contribution is 2.26. The average Bonchev–Trinajstić information content (AvgIpc) is 2.93. The fraction of sp³-hybridized carbons (Fsp3) is 0.176. The Bertz CT molecular complexity index is 883. The second-order valence-corrected chi connectivity index (χ2v) is 4.92. The second kappa shape index (κ2) is 6.39. The topological polar surface area (TPSA) is 68.3 Å². The summed E-state index contributed by atoms with van der Waals surface area (Å²) in [6.45, 7) is 3.98. The number of benzene rings is 1. The number of esters is 1. The van der Waals surface area contributed by atoms with Crippen molar-refractivity contribution in [1.29, 1.82) is 0 Å². The van der Waals surface area contributed by atoms with Gasteiger partial charge in [0.05, 0.1) is 12.3 Å².